The highest BCUT2D eigenvalue weighted by atomic mass is 16.3. The molecule has 0 aliphatic carbocycles. The number of hydrogen-bond donors (Lipinski definition) is 1. The molecule has 148 valence electrons. The van der Waals surface area contributed by atoms with Gasteiger partial charge in [0.05, 0.1) is 12.8 Å². The minimum Gasteiger partial charge on any atom is -0.459 e. The van der Waals surface area contributed by atoms with E-state index < -0.39 is 6.04 Å². The van der Waals surface area contributed by atoms with E-state index in [-0.39, 0.29) is 29.5 Å². The van der Waals surface area contributed by atoms with Gasteiger partial charge in [-0.05, 0) is 38.8 Å². The molecule has 0 aromatic carbocycles. The summed E-state index contributed by atoms with van der Waals surface area (Å²) in [5.41, 5.74) is 0. The third kappa shape index (κ3) is 4.68. The average Bonchev–Trinajstić information content (AvgIpc) is 3.32. The Labute approximate surface area is 159 Å². The maximum Gasteiger partial charge on any atom is 0.290 e. The second-order valence-electron chi connectivity index (χ2n) is 7.46. The molecule has 2 aliphatic rings. The zero-order chi connectivity index (χ0) is 19.4. The SMILES string of the molecule is CC(C)NC(=O)CN1CCN(C(=O)C2CCCN2C(=O)c2ccco2)CC1. The Balaban J connectivity index is 1.52. The first-order chi connectivity index (χ1) is 13.0. The van der Waals surface area contributed by atoms with Crippen LogP contribution < -0.4 is 5.32 Å². The van der Waals surface area contributed by atoms with Crippen molar-refractivity contribution in [3.05, 3.63) is 24.2 Å². The first kappa shape index (κ1) is 19.4. The Kier molecular flexibility index (Phi) is 6.15. The monoisotopic (exact) mass is 376 g/mol. The zero-order valence-electron chi connectivity index (χ0n) is 16.0. The number of likely N-dealkylation sites (tertiary alicyclic amines) is 1. The van der Waals surface area contributed by atoms with Gasteiger partial charge in [0.2, 0.25) is 11.8 Å². The summed E-state index contributed by atoms with van der Waals surface area (Å²) in [5, 5.41) is 2.89. The van der Waals surface area contributed by atoms with Gasteiger partial charge in [-0.15, -0.1) is 0 Å². The lowest BCUT2D eigenvalue weighted by Gasteiger charge is -2.37. The van der Waals surface area contributed by atoms with Gasteiger partial charge in [-0.3, -0.25) is 19.3 Å². The van der Waals surface area contributed by atoms with Crippen LogP contribution in [-0.2, 0) is 9.59 Å². The molecule has 0 spiro atoms. The summed E-state index contributed by atoms with van der Waals surface area (Å²) in [5.74, 6) is 0.0602. The summed E-state index contributed by atoms with van der Waals surface area (Å²) in [6, 6.07) is 3.01. The van der Waals surface area contributed by atoms with E-state index in [1.165, 1.54) is 6.26 Å². The summed E-state index contributed by atoms with van der Waals surface area (Å²) in [7, 11) is 0. The summed E-state index contributed by atoms with van der Waals surface area (Å²) in [6.45, 7) is 7.28. The quantitative estimate of drug-likeness (QED) is 0.811. The molecule has 3 rings (SSSR count). The van der Waals surface area contributed by atoms with E-state index in [1.54, 1.807) is 17.0 Å². The average molecular weight is 376 g/mol. The minimum atomic E-state index is -0.418. The van der Waals surface area contributed by atoms with Crippen LogP contribution in [0.15, 0.2) is 22.8 Å². The first-order valence-electron chi connectivity index (χ1n) is 9.60. The lowest BCUT2D eigenvalue weighted by molar-refractivity contribution is -0.137. The van der Waals surface area contributed by atoms with Crippen LogP contribution in [0.3, 0.4) is 0 Å². The molecule has 8 nitrogen and oxygen atoms in total. The molecule has 27 heavy (non-hydrogen) atoms. The van der Waals surface area contributed by atoms with Gasteiger partial charge in [-0.25, -0.2) is 0 Å². The van der Waals surface area contributed by atoms with E-state index in [0.29, 0.717) is 45.7 Å². The van der Waals surface area contributed by atoms with Gasteiger partial charge in [0, 0.05) is 38.8 Å². The van der Waals surface area contributed by atoms with Crippen molar-refractivity contribution in [2.24, 2.45) is 0 Å². The topological polar surface area (TPSA) is 86.1 Å². The van der Waals surface area contributed by atoms with E-state index in [4.69, 9.17) is 4.42 Å². The molecule has 1 aromatic heterocycles. The van der Waals surface area contributed by atoms with Gasteiger partial charge >= 0.3 is 0 Å². The molecule has 3 amide bonds. The highest BCUT2D eigenvalue weighted by Crippen LogP contribution is 2.22. The van der Waals surface area contributed by atoms with Crippen LogP contribution in [0.25, 0.3) is 0 Å². The Morgan fingerprint density at radius 2 is 1.93 bits per heavy atom. The Hall–Kier alpha value is -2.35. The third-order valence-electron chi connectivity index (χ3n) is 5.03. The molecular weight excluding hydrogens is 348 g/mol. The Bertz CT molecular complexity index is 665. The largest absolute Gasteiger partial charge is 0.459 e. The van der Waals surface area contributed by atoms with Crippen molar-refractivity contribution in [1.29, 1.82) is 0 Å². The van der Waals surface area contributed by atoms with Crippen LogP contribution in [0.1, 0.15) is 37.2 Å². The molecule has 0 bridgehead atoms. The highest BCUT2D eigenvalue weighted by molar-refractivity contribution is 5.96. The number of furan rings is 1. The Morgan fingerprint density at radius 1 is 1.19 bits per heavy atom. The maximum atomic E-state index is 13.0. The van der Waals surface area contributed by atoms with Crippen molar-refractivity contribution in [2.75, 3.05) is 39.3 Å². The fourth-order valence-electron chi connectivity index (χ4n) is 3.72. The molecule has 3 heterocycles. The molecule has 0 radical (unpaired) electrons. The van der Waals surface area contributed by atoms with E-state index in [1.807, 2.05) is 18.7 Å². The minimum absolute atomic E-state index is 0.00121. The second-order valence-corrected chi connectivity index (χ2v) is 7.46. The normalized spacial score (nSPS) is 20.9. The number of rotatable bonds is 5. The van der Waals surface area contributed by atoms with Crippen LogP contribution in [0.2, 0.25) is 0 Å². The number of carbonyl (C=O) groups is 3. The van der Waals surface area contributed by atoms with Crippen molar-refractivity contribution in [3.63, 3.8) is 0 Å². The molecule has 1 unspecified atom stereocenters. The van der Waals surface area contributed by atoms with Gasteiger partial charge in [0.25, 0.3) is 5.91 Å². The molecular formula is C19H28N4O4. The van der Waals surface area contributed by atoms with Gasteiger partial charge in [-0.2, -0.15) is 0 Å². The predicted molar refractivity (Wildman–Crippen MR) is 99.1 cm³/mol. The van der Waals surface area contributed by atoms with Gasteiger partial charge in [0.15, 0.2) is 5.76 Å². The third-order valence-corrected chi connectivity index (χ3v) is 5.03. The predicted octanol–water partition coefficient (Wildman–Crippen LogP) is 0.553. The zero-order valence-corrected chi connectivity index (χ0v) is 16.0. The van der Waals surface area contributed by atoms with Crippen LogP contribution in [0.4, 0.5) is 0 Å². The van der Waals surface area contributed by atoms with E-state index >= 15 is 0 Å². The number of piperazine rings is 1. The van der Waals surface area contributed by atoms with Crippen molar-refractivity contribution in [3.8, 4) is 0 Å². The lowest BCUT2D eigenvalue weighted by atomic mass is 10.1. The van der Waals surface area contributed by atoms with Gasteiger partial charge in [-0.1, -0.05) is 0 Å². The fourth-order valence-corrected chi connectivity index (χ4v) is 3.72. The smallest absolute Gasteiger partial charge is 0.290 e. The van der Waals surface area contributed by atoms with Crippen molar-refractivity contribution in [2.45, 2.75) is 38.8 Å². The van der Waals surface area contributed by atoms with Crippen molar-refractivity contribution in [1.82, 2.24) is 20.0 Å². The molecule has 2 fully saturated rings. The molecule has 1 aromatic rings. The second kappa shape index (κ2) is 8.56. The molecule has 1 N–H and O–H groups in total. The van der Waals surface area contributed by atoms with Crippen LogP contribution in [0, 0.1) is 0 Å². The van der Waals surface area contributed by atoms with E-state index in [0.717, 1.165) is 6.42 Å². The maximum absolute atomic E-state index is 13.0. The van der Waals surface area contributed by atoms with E-state index in [9.17, 15) is 14.4 Å². The van der Waals surface area contributed by atoms with Crippen molar-refractivity contribution < 1.29 is 18.8 Å². The summed E-state index contributed by atoms with van der Waals surface area (Å²) in [4.78, 5) is 42.9. The number of carbonyl (C=O) groups excluding carboxylic acids is 3. The molecule has 0 saturated carbocycles. The molecule has 2 saturated heterocycles. The summed E-state index contributed by atoms with van der Waals surface area (Å²) < 4.78 is 5.20. The number of hydrogen-bond acceptors (Lipinski definition) is 5. The fraction of sp³-hybridized carbons (Fsp3) is 0.632. The van der Waals surface area contributed by atoms with Crippen molar-refractivity contribution >= 4 is 17.7 Å². The van der Waals surface area contributed by atoms with Crippen LogP contribution >= 0.6 is 0 Å². The molecule has 2 aliphatic heterocycles. The Morgan fingerprint density at radius 3 is 2.56 bits per heavy atom. The van der Waals surface area contributed by atoms with Gasteiger partial charge < -0.3 is 19.5 Å². The lowest BCUT2D eigenvalue weighted by Crippen LogP contribution is -2.55. The number of amides is 3. The summed E-state index contributed by atoms with van der Waals surface area (Å²) >= 11 is 0. The summed E-state index contributed by atoms with van der Waals surface area (Å²) in [6.07, 6.45) is 2.97. The van der Waals surface area contributed by atoms with Crippen LogP contribution in [-0.4, -0.2) is 83.8 Å². The first-order valence-corrected chi connectivity index (χ1v) is 9.60. The number of nitrogens with zero attached hydrogens (tertiary/aromatic N) is 3. The van der Waals surface area contributed by atoms with E-state index in [2.05, 4.69) is 10.2 Å². The molecule has 8 heteroatoms. The van der Waals surface area contributed by atoms with Crippen LogP contribution in [0.5, 0.6) is 0 Å². The molecule has 1 atom stereocenters. The number of nitrogens with one attached hydrogen (secondary N) is 1. The standard InChI is InChI=1S/C19H28N4O4/c1-14(2)20-17(24)13-21-8-10-22(11-9-21)18(25)15-5-3-7-23(15)19(26)16-6-4-12-27-16/h4,6,12,14-15H,3,5,7-11,13H2,1-2H3,(H,20,24). The van der Waals surface area contributed by atoms with Gasteiger partial charge in [0.1, 0.15) is 6.04 Å². The highest BCUT2D eigenvalue weighted by Gasteiger charge is 2.38.